The number of hydrogen-bond donors (Lipinski definition) is 8. The lowest BCUT2D eigenvalue weighted by molar-refractivity contribution is -0.751. The summed E-state index contributed by atoms with van der Waals surface area (Å²) in [4.78, 5) is 58.5. The normalized spacial score (nSPS) is 20.6. The van der Waals surface area contributed by atoms with E-state index in [0.717, 1.165) is 69.7 Å². The molecular weight excluding hydrogens is 1030 g/mol. The molecule has 0 aromatic carbocycles. The van der Waals surface area contributed by atoms with Gasteiger partial charge in [-0.3, -0.25) is 19.7 Å². The number of likely N-dealkylation sites (N-methyl/N-ethyl adjacent to an activating group) is 1. The molecule has 0 saturated carbocycles. The third-order valence-electron chi connectivity index (χ3n) is 15.9. The van der Waals surface area contributed by atoms with Crippen LogP contribution in [0, 0.1) is 0 Å². The molecule has 10 N–H and O–H groups in total. The highest BCUT2D eigenvalue weighted by atomic mass is 16.2. The van der Waals surface area contributed by atoms with E-state index in [9.17, 15) is 14.4 Å². The zero-order valence-electron chi connectivity index (χ0n) is 46.3. The first-order valence-electron chi connectivity index (χ1n) is 27.8. The van der Waals surface area contributed by atoms with E-state index in [1.165, 1.54) is 0 Å². The highest BCUT2D eigenvalue weighted by molar-refractivity contribution is 5.90. The molecule has 81 heavy (non-hydrogen) atoms. The second-order valence-corrected chi connectivity index (χ2v) is 22.0. The van der Waals surface area contributed by atoms with Gasteiger partial charge in [0.15, 0.2) is 22.8 Å². The Bertz CT molecular complexity index is 3800. The standard InChI is InChI=1S/C54H68N24O3/c1-7-14-57-52(79)40-11-8-33(19-58-40)45-17-48(78-51(69-45)37(24-65-78)34-21-61-71(4)26-34)70-74-28-35(22-62-74)38-23-63-76-46(55)16-44(67-49(38)76)32-10-13-42(60-20-32)54(81)73(6)75-29-36(27-72(75)5)39-25-64-77-47(56)15-43(68-50(39)77)31-9-12-41(59-18-31)53(80)66-30(2)3/h15-17,21-33,40-42,58-60H,7-14,18-20H2,1-6H3,(H6-,55,56,57,63,64,65,66,67,68,69,70,79,80)/p+1/t31-,32-,33-,40+,41-,42-/m0/s1. The summed E-state index contributed by atoms with van der Waals surface area (Å²) in [6, 6.07) is 4.85. The van der Waals surface area contributed by atoms with Gasteiger partial charge in [-0.25, -0.2) is 19.7 Å². The Morgan fingerprint density at radius 2 is 1.19 bits per heavy atom. The van der Waals surface area contributed by atoms with Crippen molar-refractivity contribution in [2.75, 3.05) is 55.1 Å². The van der Waals surface area contributed by atoms with Crippen molar-refractivity contribution >= 4 is 52.1 Å². The molecule has 0 spiro atoms. The topological polar surface area (TPSA) is 314 Å². The van der Waals surface area contributed by atoms with Crippen LogP contribution in [-0.2, 0) is 28.5 Å². The van der Waals surface area contributed by atoms with Gasteiger partial charge in [0.25, 0.3) is 0 Å². The highest BCUT2D eigenvalue weighted by Crippen LogP contribution is 2.34. The minimum Gasteiger partial charge on any atom is -0.384 e. The Balaban J connectivity index is 0.723. The zero-order valence-corrected chi connectivity index (χ0v) is 46.3. The van der Waals surface area contributed by atoms with Crippen LogP contribution in [0.3, 0.4) is 0 Å². The Labute approximate surface area is 465 Å². The Morgan fingerprint density at radius 3 is 1.73 bits per heavy atom. The summed E-state index contributed by atoms with van der Waals surface area (Å²) in [5.74, 6) is 1.59. The van der Waals surface area contributed by atoms with Gasteiger partial charge in [-0.05, 0) is 58.8 Å². The number of amides is 3. The number of hydrogen-bond acceptors (Lipinski definition) is 17. The summed E-state index contributed by atoms with van der Waals surface area (Å²) < 4.78 is 8.62. The van der Waals surface area contributed by atoms with E-state index >= 15 is 0 Å². The van der Waals surface area contributed by atoms with Crippen LogP contribution < -0.4 is 53.2 Å². The molecule has 27 heteroatoms. The maximum atomic E-state index is 14.2. The Hall–Kier alpha value is -8.82. The molecule has 9 aromatic heterocycles. The van der Waals surface area contributed by atoms with Crippen LogP contribution in [-0.4, -0.2) is 143 Å². The fourth-order valence-corrected chi connectivity index (χ4v) is 11.5. The highest BCUT2D eigenvalue weighted by Gasteiger charge is 2.36. The number of piperidine rings is 3. The quantitative estimate of drug-likeness (QED) is 0.0679. The van der Waals surface area contributed by atoms with Crippen LogP contribution in [0.4, 0.5) is 17.5 Å². The first-order chi connectivity index (χ1) is 39.2. The molecule has 12 heterocycles. The molecule has 3 amide bonds. The molecule has 9 aromatic rings. The smallest absolute Gasteiger partial charge is 0.344 e. The SMILES string of the molecule is CCCNC(=O)[C@H]1CC[C@H](c2cc(Nn3cc(-c4cnn5c(N)cc([C@H]6CC[C@@H](C(=O)N(C)n7cc(-c8cnn9c(N)cc([C@H]%10CC[C@@H](C(=O)NC(C)C)NC%10)nc89)c[n+]7C)NC6)nc45)cn3)n3ncc(-c4cnn(C)c4)c3n2)CN1. The fraction of sp³-hybridized carbons (Fsp3) is 0.444. The summed E-state index contributed by atoms with van der Waals surface area (Å²) in [7, 11) is 5.52. The molecule has 0 unspecified atom stereocenters. The van der Waals surface area contributed by atoms with Gasteiger partial charge in [-0.2, -0.15) is 48.5 Å². The van der Waals surface area contributed by atoms with Crippen molar-refractivity contribution in [2.24, 2.45) is 14.1 Å². The third-order valence-corrected chi connectivity index (χ3v) is 15.9. The van der Waals surface area contributed by atoms with Crippen molar-refractivity contribution in [3.8, 4) is 33.4 Å². The van der Waals surface area contributed by atoms with E-state index in [4.69, 9.17) is 36.6 Å². The first-order valence-corrected chi connectivity index (χ1v) is 27.8. The van der Waals surface area contributed by atoms with Gasteiger partial charge in [0.1, 0.15) is 38.0 Å². The van der Waals surface area contributed by atoms with E-state index in [2.05, 4.69) is 47.3 Å². The molecule has 0 aliphatic carbocycles. The molecule has 422 valence electrons. The molecule has 0 bridgehead atoms. The number of nitrogen functional groups attached to an aromatic ring is 2. The second kappa shape index (κ2) is 21.7. The summed E-state index contributed by atoms with van der Waals surface area (Å²) in [5, 5.41) is 41.1. The van der Waals surface area contributed by atoms with Crippen LogP contribution in [0.1, 0.15) is 101 Å². The maximum Gasteiger partial charge on any atom is 0.344 e. The number of aromatic nitrogens is 15. The number of carbonyl (C=O) groups excluding carboxylic acids is 3. The van der Waals surface area contributed by atoms with Crippen molar-refractivity contribution < 1.29 is 19.1 Å². The van der Waals surface area contributed by atoms with E-state index < -0.39 is 6.04 Å². The summed E-state index contributed by atoms with van der Waals surface area (Å²) in [5.41, 5.74) is 25.8. The molecule has 0 radical (unpaired) electrons. The van der Waals surface area contributed by atoms with Crippen molar-refractivity contribution in [3.63, 3.8) is 0 Å². The van der Waals surface area contributed by atoms with E-state index in [0.29, 0.717) is 86.3 Å². The molecule has 12 rings (SSSR count). The summed E-state index contributed by atoms with van der Waals surface area (Å²) in [6.45, 7) is 8.31. The van der Waals surface area contributed by atoms with Crippen molar-refractivity contribution in [1.29, 1.82) is 0 Å². The van der Waals surface area contributed by atoms with Crippen LogP contribution in [0.15, 0.2) is 74.0 Å². The van der Waals surface area contributed by atoms with Gasteiger partial charge in [-0.15, -0.1) is 5.01 Å². The molecular formula is C54H69N24O3+. The zero-order chi connectivity index (χ0) is 56.2. The van der Waals surface area contributed by atoms with Gasteiger partial charge < -0.3 is 38.1 Å². The number of anilines is 3. The number of fused-ring (bicyclic) bond motifs is 3. The lowest BCUT2D eigenvalue weighted by Crippen LogP contribution is -2.57. The van der Waals surface area contributed by atoms with Crippen molar-refractivity contribution in [2.45, 2.75) is 108 Å². The third kappa shape index (κ3) is 10.3. The lowest BCUT2D eigenvalue weighted by Gasteiger charge is -2.29. The number of rotatable bonds is 15. The molecule has 3 aliphatic heterocycles. The average molecular weight is 1100 g/mol. The summed E-state index contributed by atoms with van der Waals surface area (Å²) >= 11 is 0. The fourth-order valence-electron chi connectivity index (χ4n) is 11.5. The number of carbonyl (C=O) groups is 3. The molecule has 3 fully saturated rings. The van der Waals surface area contributed by atoms with Crippen LogP contribution >= 0.6 is 0 Å². The number of aryl methyl sites for hydroxylation is 2. The minimum atomic E-state index is -0.445. The average Bonchev–Trinajstić information content (AvgIpc) is 4.39. The lowest BCUT2D eigenvalue weighted by atomic mass is 9.91. The molecule has 3 aliphatic rings. The predicted molar refractivity (Wildman–Crippen MR) is 302 cm³/mol. The minimum absolute atomic E-state index is 0.0125. The largest absolute Gasteiger partial charge is 0.384 e. The van der Waals surface area contributed by atoms with Gasteiger partial charge in [0.2, 0.25) is 11.8 Å². The van der Waals surface area contributed by atoms with Gasteiger partial charge >= 0.3 is 5.91 Å². The van der Waals surface area contributed by atoms with E-state index in [1.807, 2.05) is 82.5 Å². The monoisotopic (exact) mass is 1100 g/mol. The molecule has 3 saturated heterocycles. The number of nitrogens with two attached hydrogens (primary N) is 2. The Kier molecular flexibility index (Phi) is 14.1. The number of nitrogens with zero attached hydrogens (tertiary/aromatic N) is 16. The van der Waals surface area contributed by atoms with Crippen LogP contribution in [0.5, 0.6) is 0 Å². The summed E-state index contributed by atoms with van der Waals surface area (Å²) in [6.07, 6.45) is 21.5. The van der Waals surface area contributed by atoms with E-state index in [1.54, 1.807) is 70.9 Å². The van der Waals surface area contributed by atoms with Crippen LogP contribution in [0.25, 0.3) is 50.3 Å². The first kappa shape index (κ1) is 52.9. The second-order valence-electron chi connectivity index (χ2n) is 22.0. The Morgan fingerprint density at radius 1 is 0.667 bits per heavy atom. The van der Waals surface area contributed by atoms with Crippen molar-refractivity contribution in [1.82, 2.24) is 94.8 Å². The van der Waals surface area contributed by atoms with Crippen molar-refractivity contribution in [3.05, 3.63) is 91.1 Å². The van der Waals surface area contributed by atoms with E-state index in [-0.39, 0.29) is 53.6 Å². The molecule has 6 atom stereocenters. The van der Waals surface area contributed by atoms with Gasteiger partial charge in [-0.1, -0.05) is 11.7 Å². The van der Waals surface area contributed by atoms with Crippen LogP contribution in [0.2, 0.25) is 0 Å². The predicted octanol–water partition coefficient (Wildman–Crippen LogP) is 1.76. The van der Waals surface area contributed by atoms with Gasteiger partial charge in [0.05, 0.1) is 83.7 Å². The van der Waals surface area contributed by atoms with Gasteiger partial charge in [0, 0.05) is 104 Å². The maximum absolute atomic E-state index is 14.2. The molecule has 27 nitrogen and oxygen atoms in total. The number of nitrogens with one attached hydrogen (secondary N) is 6.